The van der Waals surface area contributed by atoms with Crippen LogP contribution in [0.2, 0.25) is 0 Å². The summed E-state index contributed by atoms with van der Waals surface area (Å²) in [5, 5.41) is 5.84. The van der Waals surface area contributed by atoms with Crippen LogP contribution in [0.3, 0.4) is 0 Å². The molecule has 112 valence electrons. The van der Waals surface area contributed by atoms with Crippen LogP contribution < -0.4 is 16.6 Å². The molecule has 4 N–H and O–H groups in total. The number of hydrazine groups is 1. The molecular weight excluding hydrogens is 288 g/mol. The molecule has 2 aromatic heterocycles. The number of carbonyl (C=O) groups excluding carboxylic acids is 1. The van der Waals surface area contributed by atoms with Crippen molar-refractivity contribution in [2.24, 2.45) is 5.84 Å². The number of hydrogen-bond donors (Lipinski definition) is 3. The third kappa shape index (κ3) is 3.46. The van der Waals surface area contributed by atoms with E-state index < -0.39 is 0 Å². The Bertz CT molecular complexity index is 653. The SMILES string of the molecule is CN(CC(=O)NC1CC1)Cc1nc(NN)c2ccsc2n1. The first-order valence-corrected chi connectivity index (χ1v) is 7.72. The van der Waals surface area contributed by atoms with Crippen molar-refractivity contribution in [2.75, 3.05) is 19.0 Å². The molecule has 0 aliphatic heterocycles. The van der Waals surface area contributed by atoms with E-state index in [0.29, 0.717) is 30.8 Å². The first-order valence-electron chi connectivity index (χ1n) is 6.84. The Labute approximate surface area is 126 Å². The van der Waals surface area contributed by atoms with Crippen molar-refractivity contribution in [3.63, 3.8) is 0 Å². The molecule has 1 saturated carbocycles. The molecule has 1 fully saturated rings. The van der Waals surface area contributed by atoms with E-state index in [0.717, 1.165) is 23.1 Å². The fourth-order valence-corrected chi connectivity index (χ4v) is 2.91. The highest BCUT2D eigenvalue weighted by Crippen LogP contribution is 2.24. The van der Waals surface area contributed by atoms with Gasteiger partial charge in [0.15, 0.2) is 5.82 Å². The van der Waals surface area contributed by atoms with E-state index in [2.05, 4.69) is 20.7 Å². The topological polar surface area (TPSA) is 96.2 Å². The van der Waals surface area contributed by atoms with Gasteiger partial charge in [-0.15, -0.1) is 11.3 Å². The Morgan fingerprint density at radius 3 is 3.05 bits per heavy atom. The van der Waals surface area contributed by atoms with Gasteiger partial charge in [-0.2, -0.15) is 0 Å². The molecule has 0 radical (unpaired) electrons. The molecule has 21 heavy (non-hydrogen) atoms. The lowest BCUT2D eigenvalue weighted by atomic mass is 10.3. The summed E-state index contributed by atoms with van der Waals surface area (Å²) in [7, 11) is 1.88. The number of thiophene rings is 1. The zero-order valence-corrected chi connectivity index (χ0v) is 12.6. The van der Waals surface area contributed by atoms with Crippen LogP contribution in [0.1, 0.15) is 18.7 Å². The van der Waals surface area contributed by atoms with Crippen molar-refractivity contribution in [1.29, 1.82) is 0 Å². The van der Waals surface area contributed by atoms with Crippen molar-refractivity contribution in [1.82, 2.24) is 20.2 Å². The van der Waals surface area contributed by atoms with Gasteiger partial charge in [0.2, 0.25) is 5.91 Å². The lowest BCUT2D eigenvalue weighted by molar-refractivity contribution is -0.122. The molecule has 0 unspecified atom stereocenters. The molecule has 2 aromatic rings. The Morgan fingerprint density at radius 1 is 1.52 bits per heavy atom. The molecule has 1 aliphatic carbocycles. The maximum Gasteiger partial charge on any atom is 0.234 e. The largest absolute Gasteiger partial charge is 0.352 e. The fraction of sp³-hybridized carbons (Fsp3) is 0.462. The van der Waals surface area contributed by atoms with E-state index >= 15 is 0 Å². The van der Waals surface area contributed by atoms with Crippen molar-refractivity contribution in [3.8, 4) is 0 Å². The zero-order valence-electron chi connectivity index (χ0n) is 11.8. The number of fused-ring (bicyclic) bond motifs is 1. The summed E-state index contributed by atoms with van der Waals surface area (Å²) >= 11 is 1.54. The Hall–Kier alpha value is -1.77. The second-order valence-corrected chi connectivity index (χ2v) is 6.18. The second kappa shape index (κ2) is 5.92. The smallest absolute Gasteiger partial charge is 0.234 e. The number of amides is 1. The summed E-state index contributed by atoms with van der Waals surface area (Å²) in [6.45, 7) is 0.842. The summed E-state index contributed by atoms with van der Waals surface area (Å²) in [6, 6.07) is 2.32. The molecule has 8 heteroatoms. The summed E-state index contributed by atoms with van der Waals surface area (Å²) in [5.74, 6) is 6.82. The van der Waals surface area contributed by atoms with Gasteiger partial charge in [0, 0.05) is 6.04 Å². The van der Waals surface area contributed by atoms with Gasteiger partial charge in [0.1, 0.15) is 10.7 Å². The van der Waals surface area contributed by atoms with Gasteiger partial charge in [-0.3, -0.25) is 9.69 Å². The minimum absolute atomic E-state index is 0.0503. The van der Waals surface area contributed by atoms with Crippen LogP contribution >= 0.6 is 11.3 Å². The van der Waals surface area contributed by atoms with Crippen molar-refractivity contribution in [2.45, 2.75) is 25.4 Å². The first-order chi connectivity index (χ1) is 10.2. The van der Waals surface area contributed by atoms with Crippen LogP contribution in [0, 0.1) is 0 Å². The number of nitrogens with zero attached hydrogens (tertiary/aromatic N) is 3. The monoisotopic (exact) mass is 306 g/mol. The molecule has 0 spiro atoms. The average molecular weight is 306 g/mol. The molecule has 7 nitrogen and oxygen atoms in total. The minimum atomic E-state index is 0.0503. The third-order valence-corrected chi connectivity index (χ3v) is 4.08. The van der Waals surface area contributed by atoms with Gasteiger partial charge in [0.25, 0.3) is 0 Å². The molecule has 0 bridgehead atoms. The maximum absolute atomic E-state index is 11.8. The number of rotatable bonds is 6. The van der Waals surface area contributed by atoms with Crippen LogP contribution in [-0.2, 0) is 11.3 Å². The summed E-state index contributed by atoms with van der Waals surface area (Å²) in [6.07, 6.45) is 2.19. The van der Waals surface area contributed by atoms with Crippen LogP contribution in [-0.4, -0.2) is 40.4 Å². The predicted octanol–water partition coefficient (Wildman–Crippen LogP) is 0.687. The van der Waals surface area contributed by atoms with E-state index in [9.17, 15) is 4.79 Å². The van der Waals surface area contributed by atoms with Gasteiger partial charge < -0.3 is 10.7 Å². The Morgan fingerprint density at radius 2 is 2.33 bits per heavy atom. The highest BCUT2D eigenvalue weighted by atomic mass is 32.1. The highest BCUT2D eigenvalue weighted by molar-refractivity contribution is 7.16. The first kappa shape index (κ1) is 14.2. The van der Waals surface area contributed by atoms with Crippen LogP contribution in [0.15, 0.2) is 11.4 Å². The van der Waals surface area contributed by atoms with Gasteiger partial charge in [-0.05, 0) is 31.3 Å². The van der Waals surface area contributed by atoms with Crippen molar-refractivity contribution >= 4 is 33.3 Å². The fourth-order valence-electron chi connectivity index (χ4n) is 2.12. The molecule has 0 saturated heterocycles. The van der Waals surface area contributed by atoms with Crippen LogP contribution in [0.5, 0.6) is 0 Å². The van der Waals surface area contributed by atoms with Crippen LogP contribution in [0.4, 0.5) is 5.82 Å². The standard InChI is InChI=1S/C13H18N6OS/c1-19(7-11(20)15-8-2-3-8)6-10-16-12(18-14)9-4-5-21-13(9)17-10/h4-5,8H,2-3,6-7,14H2,1H3,(H,15,20)(H,16,17,18). The maximum atomic E-state index is 11.8. The molecule has 3 rings (SSSR count). The number of nitrogens with one attached hydrogen (secondary N) is 2. The number of likely N-dealkylation sites (N-methyl/N-ethyl adjacent to an activating group) is 1. The number of aromatic nitrogens is 2. The quantitative estimate of drug-likeness (QED) is 0.537. The van der Waals surface area contributed by atoms with Gasteiger partial charge in [-0.1, -0.05) is 0 Å². The lowest BCUT2D eigenvalue weighted by Gasteiger charge is -2.15. The molecular formula is C13H18N6OS. The number of nitrogen functional groups attached to an aromatic ring is 1. The van der Waals surface area contributed by atoms with Crippen LogP contribution in [0.25, 0.3) is 10.2 Å². The summed E-state index contributed by atoms with van der Waals surface area (Å²) in [5.41, 5.74) is 2.60. The normalized spacial score (nSPS) is 14.6. The van der Waals surface area contributed by atoms with Crippen molar-refractivity contribution < 1.29 is 4.79 Å². The second-order valence-electron chi connectivity index (χ2n) is 5.29. The predicted molar refractivity (Wildman–Crippen MR) is 82.7 cm³/mol. The molecule has 1 aliphatic rings. The minimum Gasteiger partial charge on any atom is -0.352 e. The summed E-state index contributed by atoms with van der Waals surface area (Å²) in [4.78, 5) is 23.5. The molecule has 0 aromatic carbocycles. The number of hydrogen-bond acceptors (Lipinski definition) is 7. The van der Waals surface area contributed by atoms with E-state index in [1.54, 1.807) is 11.3 Å². The molecule has 0 atom stereocenters. The summed E-state index contributed by atoms with van der Waals surface area (Å²) < 4.78 is 0. The van der Waals surface area contributed by atoms with E-state index in [-0.39, 0.29) is 5.91 Å². The van der Waals surface area contributed by atoms with Gasteiger partial charge in [-0.25, -0.2) is 15.8 Å². The van der Waals surface area contributed by atoms with E-state index in [1.165, 1.54) is 0 Å². The van der Waals surface area contributed by atoms with Gasteiger partial charge in [0.05, 0.1) is 18.5 Å². The zero-order chi connectivity index (χ0) is 14.8. The van der Waals surface area contributed by atoms with Crippen molar-refractivity contribution in [3.05, 3.63) is 17.3 Å². The van der Waals surface area contributed by atoms with Gasteiger partial charge >= 0.3 is 0 Å². The third-order valence-electron chi connectivity index (χ3n) is 3.28. The molecule has 2 heterocycles. The van der Waals surface area contributed by atoms with E-state index in [4.69, 9.17) is 5.84 Å². The number of carbonyl (C=O) groups is 1. The average Bonchev–Trinajstić information content (AvgIpc) is 3.12. The lowest BCUT2D eigenvalue weighted by Crippen LogP contribution is -2.36. The Kier molecular flexibility index (Phi) is 4.00. The van der Waals surface area contributed by atoms with E-state index in [1.807, 2.05) is 23.4 Å². The number of nitrogens with two attached hydrogens (primary N) is 1. The highest BCUT2D eigenvalue weighted by Gasteiger charge is 2.23. The Balaban J connectivity index is 1.66. The molecule has 1 amide bonds. The number of anilines is 1.